The fourth-order valence-electron chi connectivity index (χ4n) is 3.58. The van der Waals surface area contributed by atoms with E-state index in [-0.39, 0.29) is 17.6 Å². The molecular formula is C18H27NO3. The number of hydrogen-bond donors (Lipinski definition) is 1. The summed E-state index contributed by atoms with van der Waals surface area (Å²) in [4.78, 5) is 12.3. The molecule has 4 heteroatoms. The van der Waals surface area contributed by atoms with Gasteiger partial charge in [-0.25, -0.2) is 4.79 Å². The molecule has 4 nitrogen and oxygen atoms in total. The Morgan fingerprint density at radius 1 is 1.23 bits per heavy atom. The van der Waals surface area contributed by atoms with Crippen LogP contribution < -0.4 is 0 Å². The fraction of sp³-hybridized carbons (Fsp3) is 0.611. The minimum atomic E-state index is -0.411. The number of ether oxygens (including phenoxy) is 1. The van der Waals surface area contributed by atoms with Gasteiger partial charge < -0.3 is 9.94 Å². The first-order valence-corrected chi connectivity index (χ1v) is 8.10. The lowest BCUT2D eigenvalue weighted by molar-refractivity contribution is -0.269. The molecule has 0 bridgehead atoms. The second kappa shape index (κ2) is 6.39. The third-order valence-electron chi connectivity index (χ3n) is 4.96. The predicted octanol–water partition coefficient (Wildman–Crippen LogP) is 4.03. The number of carbonyl (C=O) groups excluding carboxylic acids is 1. The van der Waals surface area contributed by atoms with Crippen LogP contribution in [-0.2, 0) is 4.74 Å². The van der Waals surface area contributed by atoms with Crippen molar-refractivity contribution < 1.29 is 14.7 Å². The number of piperidine rings is 1. The zero-order valence-corrected chi connectivity index (χ0v) is 14.0. The van der Waals surface area contributed by atoms with E-state index in [1.54, 1.807) is 12.1 Å². The van der Waals surface area contributed by atoms with E-state index in [1.165, 1.54) is 5.06 Å². The van der Waals surface area contributed by atoms with Gasteiger partial charge in [-0.3, -0.25) is 0 Å². The van der Waals surface area contributed by atoms with Gasteiger partial charge in [0.05, 0.1) is 5.56 Å². The standard InChI is InChI=1S/C18H27NO3/c1-5-18(6-2)13-15(12-17(3,4)19(18)21)22-16(20)14-10-8-7-9-11-14/h7-11,15,21H,5-6,12-13H2,1-4H3. The molecule has 1 aromatic carbocycles. The molecule has 1 aromatic rings. The SMILES string of the molecule is CCC1(CC)CC(OC(=O)c2ccccc2)CC(C)(C)N1O. The first kappa shape index (κ1) is 17.0. The Bertz CT molecular complexity index is 508. The molecule has 1 N–H and O–H groups in total. The van der Waals surface area contributed by atoms with Crippen molar-refractivity contribution in [2.75, 3.05) is 0 Å². The Labute approximate surface area is 133 Å². The number of benzene rings is 1. The van der Waals surface area contributed by atoms with Crippen molar-refractivity contribution in [3.63, 3.8) is 0 Å². The highest BCUT2D eigenvalue weighted by atomic mass is 16.5. The van der Waals surface area contributed by atoms with Crippen LogP contribution in [0.2, 0.25) is 0 Å². The number of carbonyl (C=O) groups is 1. The third kappa shape index (κ3) is 3.18. The maximum atomic E-state index is 12.3. The molecule has 22 heavy (non-hydrogen) atoms. The van der Waals surface area contributed by atoms with Crippen LogP contribution in [0, 0.1) is 0 Å². The second-order valence-corrected chi connectivity index (χ2v) is 6.86. The molecule has 0 spiro atoms. The van der Waals surface area contributed by atoms with Crippen LogP contribution >= 0.6 is 0 Å². The van der Waals surface area contributed by atoms with E-state index in [0.717, 1.165) is 12.8 Å². The molecule has 0 saturated carbocycles. The first-order valence-electron chi connectivity index (χ1n) is 8.10. The molecule has 1 aliphatic heterocycles. The molecule has 1 aliphatic rings. The second-order valence-electron chi connectivity index (χ2n) is 6.86. The number of esters is 1. The van der Waals surface area contributed by atoms with Crippen molar-refractivity contribution in [1.29, 1.82) is 0 Å². The van der Waals surface area contributed by atoms with E-state index < -0.39 is 5.54 Å². The van der Waals surface area contributed by atoms with E-state index >= 15 is 0 Å². The quantitative estimate of drug-likeness (QED) is 0.853. The average molecular weight is 305 g/mol. The Morgan fingerprint density at radius 2 is 1.82 bits per heavy atom. The highest BCUT2D eigenvalue weighted by Crippen LogP contribution is 2.42. The number of rotatable bonds is 4. The van der Waals surface area contributed by atoms with Crippen molar-refractivity contribution in [3.8, 4) is 0 Å². The zero-order chi connectivity index (χ0) is 16.4. The van der Waals surface area contributed by atoms with Crippen molar-refractivity contribution in [2.45, 2.75) is 70.6 Å². The van der Waals surface area contributed by atoms with E-state index in [0.29, 0.717) is 18.4 Å². The van der Waals surface area contributed by atoms with Gasteiger partial charge in [0.15, 0.2) is 0 Å². The third-order valence-corrected chi connectivity index (χ3v) is 4.96. The van der Waals surface area contributed by atoms with E-state index in [4.69, 9.17) is 4.74 Å². The number of hydrogen-bond acceptors (Lipinski definition) is 4. The maximum Gasteiger partial charge on any atom is 0.338 e. The van der Waals surface area contributed by atoms with Gasteiger partial charge in [-0.1, -0.05) is 32.0 Å². The molecule has 0 aliphatic carbocycles. The Hall–Kier alpha value is -1.39. The summed E-state index contributed by atoms with van der Waals surface area (Å²) >= 11 is 0. The minimum Gasteiger partial charge on any atom is -0.459 e. The smallest absolute Gasteiger partial charge is 0.338 e. The van der Waals surface area contributed by atoms with Crippen molar-refractivity contribution in [1.82, 2.24) is 5.06 Å². The van der Waals surface area contributed by atoms with Gasteiger partial charge in [0.1, 0.15) is 6.10 Å². The monoisotopic (exact) mass is 305 g/mol. The molecular weight excluding hydrogens is 278 g/mol. The summed E-state index contributed by atoms with van der Waals surface area (Å²) in [5.41, 5.74) is -0.166. The Morgan fingerprint density at radius 3 is 2.36 bits per heavy atom. The zero-order valence-electron chi connectivity index (χ0n) is 14.0. The van der Waals surface area contributed by atoms with Crippen molar-refractivity contribution in [2.24, 2.45) is 0 Å². The molecule has 0 radical (unpaired) electrons. The highest BCUT2D eigenvalue weighted by molar-refractivity contribution is 5.89. The fourth-order valence-corrected chi connectivity index (χ4v) is 3.58. The molecule has 0 amide bonds. The summed E-state index contributed by atoms with van der Waals surface area (Å²) in [5.74, 6) is -0.283. The van der Waals surface area contributed by atoms with Crippen LogP contribution in [0.5, 0.6) is 0 Å². The molecule has 1 fully saturated rings. The molecule has 2 rings (SSSR count). The summed E-state index contributed by atoms with van der Waals surface area (Å²) < 4.78 is 5.74. The van der Waals surface area contributed by atoms with Gasteiger partial charge in [0.25, 0.3) is 0 Å². The van der Waals surface area contributed by atoms with Crippen LogP contribution in [0.15, 0.2) is 30.3 Å². The van der Waals surface area contributed by atoms with E-state index in [1.807, 2.05) is 32.0 Å². The van der Waals surface area contributed by atoms with Crippen molar-refractivity contribution in [3.05, 3.63) is 35.9 Å². The van der Waals surface area contributed by atoms with Crippen LogP contribution in [0.1, 0.15) is 63.7 Å². The van der Waals surface area contributed by atoms with E-state index in [9.17, 15) is 10.0 Å². The summed E-state index contributed by atoms with van der Waals surface area (Å²) in [6.45, 7) is 8.14. The van der Waals surface area contributed by atoms with Crippen molar-refractivity contribution >= 4 is 5.97 Å². The van der Waals surface area contributed by atoms with Gasteiger partial charge in [-0.05, 0) is 38.8 Å². The molecule has 1 saturated heterocycles. The van der Waals surface area contributed by atoms with Gasteiger partial charge in [0.2, 0.25) is 0 Å². The summed E-state index contributed by atoms with van der Waals surface area (Å²) in [6.07, 6.45) is 2.76. The summed E-state index contributed by atoms with van der Waals surface area (Å²) in [5, 5.41) is 12.1. The largest absolute Gasteiger partial charge is 0.459 e. The van der Waals surface area contributed by atoms with Crippen LogP contribution in [0.4, 0.5) is 0 Å². The molecule has 1 atom stereocenters. The normalized spacial score (nSPS) is 24.0. The average Bonchev–Trinajstić information content (AvgIpc) is 2.51. The van der Waals surface area contributed by atoms with Gasteiger partial charge >= 0.3 is 5.97 Å². The van der Waals surface area contributed by atoms with Gasteiger partial charge in [-0.15, -0.1) is 0 Å². The van der Waals surface area contributed by atoms with Gasteiger partial charge in [0, 0.05) is 23.9 Å². The maximum absolute atomic E-state index is 12.3. The minimum absolute atomic E-state index is 0.175. The molecule has 1 heterocycles. The Kier molecular flexibility index (Phi) is 4.93. The van der Waals surface area contributed by atoms with Crippen LogP contribution in [-0.4, -0.2) is 33.4 Å². The Balaban J connectivity index is 2.16. The van der Waals surface area contributed by atoms with Crippen LogP contribution in [0.25, 0.3) is 0 Å². The topological polar surface area (TPSA) is 49.8 Å². The summed E-state index contributed by atoms with van der Waals surface area (Å²) in [7, 11) is 0. The summed E-state index contributed by atoms with van der Waals surface area (Å²) in [6, 6.07) is 9.07. The number of hydroxylamine groups is 2. The molecule has 0 aromatic heterocycles. The predicted molar refractivity (Wildman–Crippen MR) is 85.9 cm³/mol. The number of nitrogens with zero attached hydrogens (tertiary/aromatic N) is 1. The lowest BCUT2D eigenvalue weighted by Gasteiger charge is -2.53. The molecule has 122 valence electrons. The first-order chi connectivity index (χ1) is 10.3. The highest BCUT2D eigenvalue weighted by Gasteiger charge is 2.49. The van der Waals surface area contributed by atoms with Gasteiger partial charge in [-0.2, -0.15) is 5.06 Å². The lowest BCUT2D eigenvalue weighted by atomic mass is 9.75. The molecule has 1 unspecified atom stereocenters. The lowest BCUT2D eigenvalue weighted by Crippen LogP contribution is -2.62. The van der Waals surface area contributed by atoms with E-state index in [2.05, 4.69) is 13.8 Å². The van der Waals surface area contributed by atoms with Crippen LogP contribution in [0.3, 0.4) is 0 Å².